The number of carbonyl (C=O) groups is 1. The minimum Gasteiger partial charge on any atom is -0.348 e. The zero-order valence-electron chi connectivity index (χ0n) is 12.9. The molecular formula is C18H15N5O. The quantitative estimate of drug-likeness (QED) is 0.781. The molecule has 1 amide bonds. The minimum absolute atomic E-state index is 0.171. The van der Waals surface area contributed by atoms with E-state index in [0.717, 1.165) is 11.1 Å². The van der Waals surface area contributed by atoms with Gasteiger partial charge in [0.05, 0.1) is 18.2 Å². The van der Waals surface area contributed by atoms with Gasteiger partial charge in [-0.1, -0.05) is 24.3 Å². The molecule has 3 rings (SSSR count). The first kappa shape index (κ1) is 15.4. The van der Waals surface area contributed by atoms with Gasteiger partial charge in [0.25, 0.3) is 5.91 Å². The van der Waals surface area contributed by atoms with Crippen LogP contribution in [0, 0.1) is 11.3 Å². The summed E-state index contributed by atoms with van der Waals surface area (Å²) >= 11 is 0. The number of rotatable bonds is 5. The van der Waals surface area contributed by atoms with Gasteiger partial charge in [-0.15, -0.1) is 0 Å². The van der Waals surface area contributed by atoms with Crippen LogP contribution in [-0.2, 0) is 13.1 Å². The van der Waals surface area contributed by atoms with E-state index in [0.29, 0.717) is 24.2 Å². The van der Waals surface area contributed by atoms with E-state index in [1.165, 1.54) is 6.33 Å². The summed E-state index contributed by atoms with van der Waals surface area (Å²) < 4.78 is 1.74. The van der Waals surface area contributed by atoms with Crippen molar-refractivity contribution >= 4 is 5.91 Å². The number of aromatic nitrogens is 3. The molecule has 0 spiro atoms. The van der Waals surface area contributed by atoms with Gasteiger partial charge in [-0.25, -0.2) is 9.67 Å². The number of benzene rings is 2. The van der Waals surface area contributed by atoms with E-state index in [9.17, 15) is 4.79 Å². The van der Waals surface area contributed by atoms with E-state index in [4.69, 9.17) is 5.26 Å². The standard InChI is InChI=1S/C18H15N5O/c19-9-14-5-7-15(8-6-14)18(24)21-10-16-3-1-2-4-17(16)11-23-13-20-12-22-23/h1-8,12-13H,10-11H2,(H,21,24). The Morgan fingerprint density at radius 1 is 1.12 bits per heavy atom. The Morgan fingerprint density at radius 2 is 1.88 bits per heavy atom. The second-order valence-corrected chi connectivity index (χ2v) is 5.23. The van der Waals surface area contributed by atoms with Crippen LogP contribution in [0.15, 0.2) is 61.2 Å². The highest BCUT2D eigenvalue weighted by Gasteiger charge is 2.08. The molecule has 0 saturated carbocycles. The number of hydrogen-bond acceptors (Lipinski definition) is 4. The molecule has 0 aliphatic rings. The molecule has 6 nitrogen and oxygen atoms in total. The van der Waals surface area contributed by atoms with Crippen LogP contribution in [0.1, 0.15) is 27.0 Å². The maximum atomic E-state index is 12.2. The third kappa shape index (κ3) is 3.65. The molecule has 0 unspecified atom stereocenters. The number of amides is 1. The van der Waals surface area contributed by atoms with Gasteiger partial charge in [-0.2, -0.15) is 10.4 Å². The second kappa shape index (κ2) is 7.20. The van der Waals surface area contributed by atoms with Crippen molar-refractivity contribution in [2.75, 3.05) is 0 Å². The van der Waals surface area contributed by atoms with Crippen molar-refractivity contribution in [1.29, 1.82) is 5.26 Å². The average Bonchev–Trinajstić information content (AvgIpc) is 3.14. The number of hydrogen-bond donors (Lipinski definition) is 1. The monoisotopic (exact) mass is 317 g/mol. The van der Waals surface area contributed by atoms with Crippen molar-refractivity contribution in [2.45, 2.75) is 13.1 Å². The molecule has 0 radical (unpaired) electrons. The molecule has 1 heterocycles. The summed E-state index contributed by atoms with van der Waals surface area (Å²) in [6.45, 7) is 1.02. The normalized spacial score (nSPS) is 10.1. The van der Waals surface area contributed by atoms with Crippen LogP contribution in [0.4, 0.5) is 0 Å². The number of nitrogens with one attached hydrogen (secondary N) is 1. The molecule has 3 aromatic rings. The predicted molar refractivity (Wildman–Crippen MR) is 87.9 cm³/mol. The molecule has 0 fully saturated rings. The largest absolute Gasteiger partial charge is 0.348 e. The van der Waals surface area contributed by atoms with Crippen molar-refractivity contribution in [3.05, 3.63) is 83.4 Å². The fourth-order valence-corrected chi connectivity index (χ4v) is 2.35. The summed E-state index contributed by atoms with van der Waals surface area (Å²) in [4.78, 5) is 16.2. The zero-order chi connectivity index (χ0) is 16.8. The van der Waals surface area contributed by atoms with Crippen LogP contribution in [0.5, 0.6) is 0 Å². The summed E-state index contributed by atoms with van der Waals surface area (Å²) in [5.74, 6) is -0.171. The van der Waals surface area contributed by atoms with Crippen molar-refractivity contribution in [1.82, 2.24) is 20.1 Å². The predicted octanol–water partition coefficient (Wildman–Crippen LogP) is 2.13. The van der Waals surface area contributed by atoms with E-state index >= 15 is 0 Å². The number of carbonyl (C=O) groups excluding carboxylic acids is 1. The van der Waals surface area contributed by atoms with E-state index in [-0.39, 0.29) is 5.91 Å². The molecule has 2 aromatic carbocycles. The number of nitriles is 1. The van der Waals surface area contributed by atoms with Crippen LogP contribution >= 0.6 is 0 Å². The fourth-order valence-electron chi connectivity index (χ4n) is 2.35. The highest BCUT2D eigenvalue weighted by molar-refractivity contribution is 5.94. The summed E-state index contributed by atoms with van der Waals surface area (Å²) in [5, 5.41) is 15.8. The summed E-state index contributed by atoms with van der Waals surface area (Å²) in [6.07, 6.45) is 3.15. The lowest BCUT2D eigenvalue weighted by Crippen LogP contribution is -2.23. The van der Waals surface area contributed by atoms with Gasteiger partial charge in [0.2, 0.25) is 0 Å². The van der Waals surface area contributed by atoms with E-state index < -0.39 is 0 Å². The first-order chi connectivity index (χ1) is 11.8. The van der Waals surface area contributed by atoms with Crippen LogP contribution in [0.3, 0.4) is 0 Å². The summed E-state index contributed by atoms with van der Waals surface area (Å²) in [6, 6.07) is 16.5. The summed E-state index contributed by atoms with van der Waals surface area (Å²) in [5.41, 5.74) is 3.16. The van der Waals surface area contributed by atoms with E-state index in [1.54, 1.807) is 35.3 Å². The first-order valence-corrected chi connectivity index (χ1v) is 7.44. The average molecular weight is 317 g/mol. The van der Waals surface area contributed by atoms with Crippen LogP contribution in [-0.4, -0.2) is 20.7 Å². The van der Waals surface area contributed by atoms with Gasteiger partial charge in [-0.05, 0) is 35.4 Å². The summed E-state index contributed by atoms with van der Waals surface area (Å²) in [7, 11) is 0. The number of nitrogens with zero attached hydrogens (tertiary/aromatic N) is 4. The molecular weight excluding hydrogens is 302 g/mol. The molecule has 0 saturated heterocycles. The zero-order valence-corrected chi connectivity index (χ0v) is 12.9. The fraction of sp³-hybridized carbons (Fsp3) is 0.111. The van der Waals surface area contributed by atoms with E-state index in [2.05, 4.69) is 15.4 Å². The SMILES string of the molecule is N#Cc1ccc(C(=O)NCc2ccccc2Cn2cncn2)cc1. The molecule has 0 aliphatic heterocycles. The van der Waals surface area contributed by atoms with Crippen LogP contribution in [0.25, 0.3) is 0 Å². The topological polar surface area (TPSA) is 83.6 Å². The van der Waals surface area contributed by atoms with Crippen molar-refractivity contribution < 1.29 is 4.79 Å². The molecule has 24 heavy (non-hydrogen) atoms. The molecule has 1 N–H and O–H groups in total. The van der Waals surface area contributed by atoms with Crippen molar-refractivity contribution in [2.24, 2.45) is 0 Å². The Balaban J connectivity index is 1.67. The van der Waals surface area contributed by atoms with Crippen molar-refractivity contribution in [3.63, 3.8) is 0 Å². The lowest BCUT2D eigenvalue weighted by Gasteiger charge is -2.11. The Hall–Kier alpha value is -3.46. The van der Waals surface area contributed by atoms with Crippen LogP contribution in [0.2, 0.25) is 0 Å². The minimum atomic E-state index is -0.171. The van der Waals surface area contributed by atoms with Gasteiger partial charge in [0.1, 0.15) is 12.7 Å². The first-order valence-electron chi connectivity index (χ1n) is 7.44. The van der Waals surface area contributed by atoms with Crippen LogP contribution < -0.4 is 5.32 Å². The molecule has 0 aliphatic carbocycles. The lowest BCUT2D eigenvalue weighted by atomic mass is 10.1. The van der Waals surface area contributed by atoms with Gasteiger partial charge < -0.3 is 5.32 Å². The molecule has 0 bridgehead atoms. The maximum Gasteiger partial charge on any atom is 0.251 e. The Morgan fingerprint density at radius 3 is 2.54 bits per heavy atom. The van der Waals surface area contributed by atoms with Gasteiger partial charge >= 0.3 is 0 Å². The molecule has 0 atom stereocenters. The van der Waals surface area contributed by atoms with Crippen molar-refractivity contribution in [3.8, 4) is 6.07 Å². The Labute approximate surface area is 139 Å². The highest BCUT2D eigenvalue weighted by atomic mass is 16.1. The molecule has 118 valence electrons. The maximum absolute atomic E-state index is 12.2. The lowest BCUT2D eigenvalue weighted by molar-refractivity contribution is 0.0951. The molecule has 6 heteroatoms. The Bertz CT molecular complexity index is 863. The van der Waals surface area contributed by atoms with Gasteiger partial charge in [0, 0.05) is 12.1 Å². The molecule has 1 aromatic heterocycles. The smallest absolute Gasteiger partial charge is 0.251 e. The third-order valence-corrected chi connectivity index (χ3v) is 3.63. The van der Waals surface area contributed by atoms with E-state index in [1.807, 2.05) is 30.3 Å². The highest BCUT2D eigenvalue weighted by Crippen LogP contribution is 2.11. The third-order valence-electron chi connectivity index (χ3n) is 3.63. The second-order valence-electron chi connectivity index (χ2n) is 5.23. The Kier molecular flexibility index (Phi) is 4.63. The van der Waals surface area contributed by atoms with Gasteiger partial charge in [-0.3, -0.25) is 4.79 Å². The van der Waals surface area contributed by atoms with Gasteiger partial charge in [0.15, 0.2) is 0 Å².